The number of hydrogen-bond donors (Lipinski definition) is 1. The van der Waals surface area contributed by atoms with Crippen molar-refractivity contribution >= 4 is 27.6 Å². The lowest BCUT2D eigenvalue weighted by Crippen LogP contribution is -2.40. The third kappa shape index (κ3) is 7.09. The van der Waals surface area contributed by atoms with E-state index in [1.54, 1.807) is 4.31 Å². The Kier molecular flexibility index (Phi) is 9.44. The summed E-state index contributed by atoms with van der Waals surface area (Å²) < 4.78 is 32.5. The maximum Gasteiger partial charge on any atom is 0.225 e. The van der Waals surface area contributed by atoms with Crippen LogP contribution < -0.4 is 9.64 Å². The van der Waals surface area contributed by atoms with Crippen molar-refractivity contribution in [2.45, 2.75) is 58.0 Å². The molecule has 2 aromatic rings. The third-order valence-corrected chi connectivity index (χ3v) is 9.42. The third-order valence-electron chi connectivity index (χ3n) is 7.17. The summed E-state index contributed by atoms with van der Waals surface area (Å²) in [6.07, 6.45) is 9.44. The number of halogens is 1. The molecule has 2 aliphatic heterocycles. The normalized spacial score (nSPS) is 18.5. The Labute approximate surface area is 219 Å². The van der Waals surface area contributed by atoms with Crippen LogP contribution in [-0.2, 0) is 22.9 Å². The Morgan fingerprint density at radius 2 is 1.75 bits per heavy atom. The second-order valence-corrected chi connectivity index (χ2v) is 12.2. The fourth-order valence-corrected chi connectivity index (χ4v) is 6.68. The van der Waals surface area contributed by atoms with E-state index < -0.39 is 10.0 Å². The molecule has 1 N–H and O–H groups in total. The Hall–Kier alpha value is -1.94. The van der Waals surface area contributed by atoms with Crippen molar-refractivity contribution in [2.24, 2.45) is 5.92 Å². The van der Waals surface area contributed by atoms with Crippen molar-refractivity contribution in [1.29, 1.82) is 0 Å². The van der Waals surface area contributed by atoms with Gasteiger partial charge in [0, 0.05) is 58.0 Å². The molecule has 1 aromatic heterocycles. The quantitative estimate of drug-likeness (QED) is 0.494. The highest BCUT2D eigenvalue weighted by atomic mass is 35.5. The van der Waals surface area contributed by atoms with Gasteiger partial charge in [-0.25, -0.2) is 22.7 Å². The van der Waals surface area contributed by atoms with E-state index in [2.05, 4.69) is 27.9 Å². The Morgan fingerprint density at radius 3 is 2.36 bits per heavy atom. The van der Waals surface area contributed by atoms with Crippen LogP contribution in [-0.4, -0.2) is 72.4 Å². The minimum Gasteiger partial charge on any atom is -0.489 e. The molecular formula is C26H37ClN4O4S. The summed E-state index contributed by atoms with van der Waals surface area (Å²) in [5.41, 5.74) is 2.29. The number of hydrogen-bond acceptors (Lipinski definition) is 7. The topological polar surface area (TPSA) is 95.9 Å². The van der Waals surface area contributed by atoms with Gasteiger partial charge in [-0.3, -0.25) is 0 Å². The van der Waals surface area contributed by atoms with Crippen LogP contribution in [0.15, 0.2) is 30.6 Å². The van der Waals surface area contributed by atoms with E-state index in [1.807, 2.05) is 24.5 Å². The first-order valence-corrected chi connectivity index (χ1v) is 15.0. The van der Waals surface area contributed by atoms with E-state index in [4.69, 9.17) is 21.4 Å². The smallest absolute Gasteiger partial charge is 0.225 e. The summed E-state index contributed by atoms with van der Waals surface area (Å²) in [5, 5.41) is 9.55. The van der Waals surface area contributed by atoms with Gasteiger partial charge in [0.1, 0.15) is 11.9 Å². The summed E-state index contributed by atoms with van der Waals surface area (Å²) in [5.74, 6) is 1.94. The maximum absolute atomic E-state index is 12.3. The molecule has 0 spiro atoms. The Balaban J connectivity index is 1.24. The fraction of sp³-hybridized carbons (Fsp3) is 0.615. The number of aromatic nitrogens is 2. The molecule has 198 valence electrons. The van der Waals surface area contributed by atoms with Gasteiger partial charge in [-0.2, -0.15) is 0 Å². The van der Waals surface area contributed by atoms with E-state index in [1.165, 1.54) is 0 Å². The number of piperidine rings is 2. The molecule has 10 heteroatoms. The highest BCUT2D eigenvalue weighted by molar-refractivity contribution is 7.89. The molecule has 0 unspecified atom stereocenters. The summed E-state index contributed by atoms with van der Waals surface area (Å²) in [6, 6.07) is 6.02. The Bertz CT molecular complexity index is 1080. The number of ether oxygens (including phenoxy) is 1. The van der Waals surface area contributed by atoms with Crippen LogP contribution in [0.5, 0.6) is 5.75 Å². The molecule has 8 nitrogen and oxygen atoms in total. The number of sulfonamides is 1. The second-order valence-electron chi connectivity index (χ2n) is 9.75. The number of aliphatic hydroxyl groups excluding tert-OH is 1. The van der Waals surface area contributed by atoms with E-state index in [0.717, 1.165) is 68.7 Å². The average molecular weight is 537 g/mol. The van der Waals surface area contributed by atoms with Crippen molar-refractivity contribution in [2.75, 3.05) is 43.4 Å². The first-order valence-electron chi connectivity index (χ1n) is 13.0. The first-order chi connectivity index (χ1) is 17.4. The minimum absolute atomic E-state index is 0.0180. The van der Waals surface area contributed by atoms with Crippen LogP contribution in [0.1, 0.15) is 50.2 Å². The van der Waals surface area contributed by atoms with Gasteiger partial charge >= 0.3 is 0 Å². The summed E-state index contributed by atoms with van der Waals surface area (Å²) in [6.45, 7) is 4.78. The van der Waals surface area contributed by atoms with Crippen LogP contribution in [0.2, 0.25) is 5.02 Å². The predicted molar refractivity (Wildman–Crippen MR) is 142 cm³/mol. The van der Waals surface area contributed by atoms with Gasteiger partial charge in [0.05, 0.1) is 10.8 Å². The predicted octanol–water partition coefficient (Wildman–Crippen LogP) is 3.71. The van der Waals surface area contributed by atoms with Crippen LogP contribution in [0.3, 0.4) is 0 Å². The van der Waals surface area contributed by atoms with Crippen LogP contribution in [0.25, 0.3) is 0 Å². The zero-order chi connectivity index (χ0) is 25.5. The van der Waals surface area contributed by atoms with Crippen LogP contribution >= 0.6 is 11.6 Å². The fourth-order valence-electron chi connectivity index (χ4n) is 4.91. The molecule has 0 atom stereocenters. The van der Waals surface area contributed by atoms with Gasteiger partial charge in [0.25, 0.3) is 0 Å². The van der Waals surface area contributed by atoms with E-state index in [0.29, 0.717) is 29.8 Å². The lowest BCUT2D eigenvalue weighted by atomic mass is 9.91. The van der Waals surface area contributed by atoms with Crippen LogP contribution in [0, 0.1) is 5.92 Å². The molecule has 2 saturated heterocycles. The number of anilines is 1. The summed E-state index contributed by atoms with van der Waals surface area (Å²) >= 11 is 6.59. The van der Waals surface area contributed by atoms with E-state index in [9.17, 15) is 8.42 Å². The first kappa shape index (κ1) is 27.1. The lowest BCUT2D eigenvalue weighted by molar-refractivity contribution is 0.170. The molecule has 0 bridgehead atoms. The number of aryl methyl sites for hydroxylation is 1. The molecule has 36 heavy (non-hydrogen) atoms. The molecule has 2 fully saturated rings. The van der Waals surface area contributed by atoms with E-state index >= 15 is 0 Å². The zero-order valence-corrected chi connectivity index (χ0v) is 22.6. The zero-order valence-electron chi connectivity index (χ0n) is 21.0. The minimum atomic E-state index is -3.26. The number of benzene rings is 1. The van der Waals surface area contributed by atoms with Crippen molar-refractivity contribution in [3.63, 3.8) is 0 Å². The Morgan fingerprint density at radius 1 is 1.06 bits per heavy atom. The molecule has 0 amide bonds. The molecule has 4 rings (SSSR count). The van der Waals surface area contributed by atoms with Crippen molar-refractivity contribution < 1.29 is 18.3 Å². The monoisotopic (exact) mass is 536 g/mol. The van der Waals surface area contributed by atoms with Gasteiger partial charge < -0.3 is 14.7 Å². The van der Waals surface area contributed by atoms with Crippen molar-refractivity contribution in [3.05, 3.63) is 46.7 Å². The van der Waals surface area contributed by atoms with Gasteiger partial charge in [-0.15, -0.1) is 0 Å². The van der Waals surface area contributed by atoms with Crippen LogP contribution in [0.4, 0.5) is 5.95 Å². The highest BCUT2D eigenvalue weighted by Crippen LogP contribution is 2.31. The second kappa shape index (κ2) is 12.5. The number of rotatable bonds is 10. The molecule has 1 aromatic carbocycles. The van der Waals surface area contributed by atoms with Gasteiger partial charge in [0.2, 0.25) is 16.0 Å². The van der Waals surface area contributed by atoms with Gasteiger partial charge in [-0.1, -0.05) is 24.6 Å². The van der Waals surface area contributed by atoms with Crippen molar-refractivity contribution in [3.8, 4) is 5.75 Å². The van der Waals surface area contributed by atoms with E-state index in [-0.39, 0.29) is 24.9 Å². The van der Waals surface area contributed by atoms with Crippen molar-refractivity contribution in [1.82, 2.24) is 14.3 Å². The average Bonchev–Trinajstić information content (AvgIpc) is 2.90. The lowest BCUT2D eigenvalue weighted by Gasteiger charge is -2.32. The highest BCUT2D eigenvalue weighted by Gasteiger charge is 2.28. The maximum atomic E-state index is 12.3. The van der Waals surface area contributed by atoms with Gasteiger partial charge in [-0.05, 0) is 61.3 Å². The SMILES string of the molecule is CCc1cnc(N2CCC(Oc3ccc(CC4CCN(S(=O)(=O)CCCO)CC4)cc3Cl)CC2)nc1. The summed E-state index contributed by atoms with van der Waals surface area (Å²) in [4.78, 5) is 11.2. The molecule has 0 saturated carbocycles. The summed E-state index contributed by atoms with van der Waals surface area (Å²) in [7, 11) is -3.26. The standard InChI is InChI=1S/C26H37ClN4O4S/c1-2-20-18-28-26(29-19-20)30-10-8-23(9-11-30)35-25-5-4-22(17-24(25)27)16-21-6-12-31(13-7-21)36(33,34)15-3-14-32/h4-5,17-19,21,23,32H,2-3,6-16H2,1H3. The molecule has 0 radical (unpaired) electrons. The molecular weight excluding hydrogens is 500 g/mol. The molecule has 0 aliphatic carbocycles. The largest absolute Gasteiger partial charge is 0.489 e. The molecule has 2 aliphatic rings. The molecule has 3 heterocycles. The number of aliphatic hydroxyl groups is 1. The number of nitrogens with zero attached hydrogens (tertiary/aromatic N) is 4. The van der Waals surface area contributed by atoms with Gasteiger partial charge in [0.15, 0.2) is 0 Å².